The molecule has 0 bridgehead atoms. The number of benzene rings is 1. The van der Waals surface area contributed by atoms with Gasteiger partial charge in [-0.25, -0.2) is 10.3 Å². The summed E-state index contributed by atoms with van der Waals surface area (Å²) in [5.41, 5.74) is -0.0203. The third kappa shape index (κ3) is 7.75. The van der Waals surface area contributed by atoms with E-state index in [4.69, 9.17) is 0 Å². The van der Waals surface area contributed by atoms with Gasteiger partial charge in [-0.05, 0) is 41.5 Å². The molecular formula is C22H19F9N6O2. The van der Waals surface area contributed by atoms with Crippen molar-refractivity contribution in [2.75, 3.05) is 14.2 Å². The molecule has 0 amide bonds. The molecule has 1 aliphatic heterocycles. The summed E-state index contributed by atoms with van der Waals surface area (Å²) in [6.45, 7) is -1.18. The molecule has 0 saturated heterocycles. The molecule has 2 N–H and O–H groups in total. The minimum Gasteiger partial charge on any atom is -0.466 e. The topological polar surface area (TPSA) is 82.1 Å². The number of nitrogens with one attached hydrogen (secondary N) is 2. The van der Waals surface area contributed by atoms with E-state index in [1.54, 1.807) is 0 Å². The van der Waals surface area contributed by atoms with Gasteiger partial charge in [0.25, 0.3) is 0 Å². The second-order valence-electron chi connectivity index (χ2n) is 8.10. The number of alkyl halides is 9. The van der Waals surface area contributed by atoms with Crippen molar-refractivity contribution in [3.05, 3.63) is 70.0 Å². The predicted molar refractivity (Wildman–Crippen MR) is 117 cm³/mol. The number of ether oxygens (including phenoxy) is 1. The van der Waals surface area contributed by atoms with E-state index in [0.29, 0.717) is 24.4 Å². The summed E-state index contributed by atoms with van der Waals surface area (Å²) in [7, 11) is 2.49. The van der Waals surface area contributed by atoms with Crippen LogP contribution in [-0.4, -0.2) is 41.1 Å². The van der Waals surface area contributed by atoms with Gasteiger partial charge in [0.15, 0.2) is 0 Å². The number of nitrogens with zero attached hydrogens (tertiary/aromatic N) is 4. The molecule has 0 atom stereocenters. The SMILES string of the molecule is COC(=O)/C=C/c1ncc(C(F)(F)F)cc1CN(Cc1cc(C(F)(F)F)cc(C(F)(F)F)c1)C1=NNN(C)N1. The molecule has 2 heterocycles. The van der Waals surface area contributed by atoms with Gasteiger partial charge in [-0.1, -0.05) is 0 Å². The molecule has 2 aromatic rings. The lowest BCUT2D eigenvalue weighted by Crippen LogP contribution is -2.44. The maximum Gasteiger partial charge on any atom is 0.417 e. The first-order chi connectivity index (χ1) is 18.0. The summed E-state index contributed by atoms with van der Waals surface area (Å²) in [4.78, 5) is 16.3. The van der Waals surface area contributed by atoms with Crippen molar-refractivity contribution >= 4 is 18.0 Å². The number of halogens is 9. The number of methoxy groups -OCH3 is 1. The molecule has 0 saturated carbocycles. The average Bonchev–Trinajstić information content (AvgIpc) is 3.26. The third-order valence-corrected chi connectivity index (χ3v) is 5.16. The molecule has 0 unspecified atom stereocenters. The lowest BCUT2D eigenvalue weighted by Gasteiger charge is -2.26. The van der Waals surface area contributed by atoms with E-state index in [2.05, 4.69) is 25.8 Å². The van der Waals surface area contributed by atoms with Crippen LogP contribution in [-0.2, 0) is 41.1 Å². The van der Waals surface area contributed by atoms with Gasteiger partial charge in [0, 0.05) is 32.4 Å². The maximum absolute atomic E-state index is 13.4. The van der Waals surface area contributed by atoms with Crippen LogP contribution in [0.1, 0.15) is 33.5 Å². The van der Waals surface area contributed by atoms with Crippen molar-refractivity contribution < 1.29 is 49.0 Å². The van der Waals surface area contributed by atoms with Crippen molar-refractivity contribution in [2.45, 2.75) is 31.6 Å². The minimum absolute atomic E-state index is 0.0407. The van der Waals surface area contributed by atoms with Crippen molar-refractivity contribution in [1.29, 1.82) is 0 Å². The molecule has 0 radical (unpaired) electrons. The van der Waals surface area contributed by atoms with Gasteiger partial charge in [-0.3, -0.25) is 10.4 Å². The minimum atomic E-state index is -5.11. The van der Waals surface area contributed by atoms with Gasteiger partial charge >= 0.3 is 24.5 Å². The Kier molecular flexibility index (Phi) is 8.33. The number of hydrazone groups is 1. The van der Waals surface area contributed by atoms with E-state index in [1.807, 2.05) is 0 Å². The molecule has 1 aromatic carbocycles. The Morgan fingerprint density at radius 3 is 2.03 bits per heavy atom. The molecule has 0 spiro atoms. The molecule has 8 nitrogen and oxygen atoms in total. The Bertz CT molecular complexity index is 1240. The normalized spacial score (nSPS) is 14.7. The van der Waals surface area contributed by atoms with E-state index >= 15 is 0 Å². The number of guanidine groups is 1. The Morgan fingerprint density at radius 1 is 0.949 bits per heavy atom. The van der Waals surface area contributed by atoms with E-state index in [0.717, 1.165) is 24.2 Å². The quantitative estimate of drug-likeness (QED) is 0.300. The monoisotopic (exact) mass is 570 g/mol. The maximum atomic E-state index is 13.4. The highest BCUT2D eigenvalue weighted by molar-refractivity contribution is 5.87. The van der Waals surface area contributed by atoms with Crippen LogP contribution in [0.15, 0.2) is 41.6 Å². The van der Waals surface area contributed by atoms with Crippen molar-refractivity contribution in [3.63, 3.8) is 0 Å². The number of hydrogen-bond acceptors (Lipinski definition) is 8. The fraction of sp³-hybridized carbons (Fsp3) is 0.318. The zero-order valence-corrected chi connectivity index (χ0v) is 20.0. The number of carbonyl (C=O) groups is 1. The van der Waals surface area contributed by atoms with Gasteiger partial charge in [0.1, 0.15) is 0 Å². The smallest absolute Gasteiger partial charge is 0.417 e. The highest BCUT2D eigenvalue weighted by Gasteiger charge is 2.37. The highest BCUT2D eigenvalue weighted by atomic mass is 19.4. The molecular weight excluding hydrogens is 551 g/mol. The summed E-state index contributed by atoms with van der Waals surface area (Å²) >= 11 is 0. The van der Waals surface area contributed by atoms with Gasteiger partial charge in [-0.2, -0.15) is 39.5 Å². The molecule has 17 heteroatoms. The highest BCUT2D eigenvalue weighted by Crippen LogP contribution is 2.37. The Balaban J connectivity index is 2.10. The molecule has 1 aliphatic rings. The van der Waals surface area contributed by atoms with Gasteiger partial charge in [0.05, 0.1) is 29.5 Å². The standard InChI is InChI=1S/C22H19F9N6O2/c1-36-34-19(33-35-36)37(10-12-5-14(20(23,24)25)8-15(6-12)21(26,27)28)11-13-7-16(22(29,30)31)9-32-17(13)3-4-18(38)39-2/h3-9,35H,10-11H2,1-2H3,(H,33,34)/b4-3+. The summed E-state index contributed by atoms with van der Waals surface area (Å²) in [6.07, 6.45) is -12.6. The van der Waals surface area contributed by atoms with E-state index in [1.165, 1.54) is 12.2 Å². The molecule has 0 aliphatic carbocycles. The summed E-state index contributed by atoms with van der Waals surface area (Å²) in [5.74, 6) is -0.986. The molecule has 39 heavy (non-hydrogen) atoms. The summed E-state index contributed by atoms with van der Waals surface area (Å²) in [6, 6.07) is 1.65. The number of esters is 1. The van der Waals surface area contributed by atoms with E-state index in [-0.39, 0.29) is 23.3 Å². The van der Waals surface area contributed by atoms with Crippen LogP contribution < -0.4 is 11.0 Å². The van der Waals surface area contributed by atoms with Gasteiger partial charge in [-0.15, -0.1) is 10.2 Å². The first-order valence-electron chi connectivity index (χ1n) is 10.7. The largest absolute Gasteiger partial charge is 0.466 e. The lowest BCUT2D eigenvalue weighted by molar-refractivity contribution is -0.143. The summed E-state index contributed by atoms with van der Waals surface area (Å²) < 4.78 is 125. The fourth-order valence-corrected chi connectivity index (χ4v) is 3.37. The van der Waals surface area contributed by atoms with Crippen LogP contribution in [0.25, 0.3) is 6.08 Å². The Morgan fingerprint density at radius 2 is 1.54 bits per heavy atom. The first-order valence-corrected chi connectivity index (χ1v) is 10.7. The van der Waals surface area contributed by atoms with Crippen molar-refractivity contribution in [1.82, 2.24) is 26.0 Å². The van der Waals surface area contributed by atoms with Crippen LogP contribution in [0.3, 0.4) is 0 Å². The second kappa shape index (κ2) is 11.0. The van der Waals surface area contributed by atoms with Crippen LogP contribution in [0, 0.1) is 0 Å². The van der Waals surface area contributed by atoms with Gasteiger partial charge in [0.2, 0.25) is 5.96 Å². The second-order valence-corrected chi connectivity index (χ2v) is 8.10. The van der Waals surface area contributed by atoms with Crippen LogP contribution in [0.4, 0.5) is 39.5 Å². The number of hydrazine groups is 2. The zero-order chi connectivity index (χ0) is 29.2. The van der Waals surface area contributed by atoms with Crippen molar-refractivity contribution in [3.8, 4) is 0 Å². The van der Waals surface area contributed by atoms with Crippen LogP contribution in [0.5, 0.6) is 0 Å². The number of hydrogen-bond donors (Lipinski definition) is 2. The first kappa shape index (κ1) is 29.5. The Labute approximate surface area is 214 Å². The van der Waals surface area contributed by atoms with E-state index in [9.17, 15) is 44.3 Å². The van der Waals surface area contributed by atoms with E-state index < -0.39 is 59.8 Å². The Hall–Kier alpha value is -4.02. The third-order valence-electron chi connectivity index (χ3n) is 5.16. The number of rotatable bonds is 6. The molecule has 1 aromatic heterocycles. The number of aromatic nitrogens is 1. The molecule has 212 valence electrons. The molecule has 3 rings (SSSR count). The van der Waals surface area contributed by atoms with Gasteiger partial charge < -0.3 is 9.64 Å². The van der Waals surface area contributed by atoms with Crippen LogP contribution in [0.2, 0.25) is 0 Å². The fourth-order valence-electron chi connectivity index (χ4n) is 3.37. The van der Waals surface area contributed by atoms with Crippen LogP contribution >= 0.6 is 0 Å². The zero-order valence-electron chi connectivity index (χ0n) is 20.0. The summed E-state index contributed by atoms with van der Waals surface area (Å²) in [5, 5.41) is 5.05. The average molecular weight is 570 g/mol. The predicted octanol–water partition coefficient (Wildman–Crippen LogP) is 4.55. The lowest BCUT2D eigenvalue weighted by atomic mass is 10.0. The molecule has 0 fully saturated rings. The number of pyridine rings is 1. The van der Waals surface area contributed by atoms with Crippen molar-refractivity contribution in [2.24, 2.45) is 5.10 Å². The number of carbonyl (C=O) groups excluding carboxylic acids is 1.